The second kappa shape index (κ2) is 6.23. The number of amides is 1. The van der Waals surface area contributed by atoms with E-state index in [0.29, 0.717) is 36.7 Å². The molecule has 1 aliphatic heterocycles. The lowest BCUT2D eigenvalue weighted by Crippen LogP contribution is -2.46. The van der Waals surface area contributed by atoms with Gasteiger partial charge in [-0.1, -0.05) is 0 Å². The number of aliphatic carboxylic acids is 1. The summed E-state index contributed by atoms with van der Waals surface area (Å²) in [6.45, 7) is 0.939. The molecule has 7 heteroatoms. The third-order valence-electron chi connectivity index (χ3n) is 3.53. The second-order valence-corrected chi connectivity index (χ2v) is 5.64. The van der Waals surface area contributed by atoms with E-state index in [1.54, 1.807) is 11.4 Å². The van der Waals surface area contributed by atoms with Crippen molar-refractivity contribution in [2.24, 2.45) is 5.41 Å². The SMILES string of the molecule is COc1csc(C(=O)NCC2(C(=O)O)CCOCC2)c1. The number of carboxylic acids is 1. The maximum Gasteiger partial charge on any atom is 0.311 e. The zero-order valence-electron chi connectivity index (χ0n) is 11.2. The second-order valence-electron chi connectivity index (χ2n) is 4.73. The molecule has 0 unspecified atom stereocenters. The minimum atomic E-state index is -0.921. The number of nitrogens with one attached hydrogen (secondary N) is 1. The summed E-state index contributed by atoms with van der Waals surface area (Å²) in [6, 6.07) is 1.64. The van der Waals surface area contributed by atoms with Crippen molar-refractivity contribution in [1.82, 2.24) is 5.32 Å². The molecule has 1 amide bonds. The van der Waals surface area contributed by atoms with Gasteiger partial charge in [0.05, 0.1) is 17.4 Å². The number of hydrogen-bond acceptors (Lipinski definition) is 5. The first-order valence-electron chi connectivity index (χ1n) is 6.29. The van der Waals surface area contributed by atoms with Gasteiger partial charge in [0.2, 0.25) is 0 Å². The molecule has 0 spiro atoms. The molecule has 2 N–H and O–H groups in total. The van der Waals surface area contributed by atoms with Gasteiger partial charge < -0.3 is 19.9 Å². The highest BCUT2D eigenvalue weighted by molar-refractivity contribution is 7.12. The highest BCUT2D eigenvalue weighted by Crippen LogP contribution is 2.30. The van der Waals surface area contributed by atoms with E-state index in [9.17, 15) is 14.7 Å². The van der Waals surface area contributed by atoms with Crippen LogP contribution in [0.5, 0.6) is 5.75 Å². The van der Waals surface area contributed by atoms with Gasteiger partial charge in [0.1, 0.15) is 5.75 Å². The van der Waals surface area contributed by atoms with Crippen LogP contribution in [0, 0.1) is 5.41 Å². The summed E-state index contributed by atoms with van der Waals surface area (Å²) in [5.41, 5.74) is -0.921. The topological polar surface area (TPSA) is 84.9 Å². The number of carbonyl (C=O) groups is 2. The summed E-state index contributed by atoms with van der Waals surface area (Å²) in [7, 11) is 1.53. The van der Waals surface area contributed by atoms with Gasteiger partial charge in [-0.2, -0.15) is 0 Å². The Bertz CT molecular complexity index is 493. The fourth-order valence-electron chi connectivity index (χ4n) is 2.11. The fourth-order valence-corrected chi connectivity index (χ4v) is 2.88. The standard InChI is InChI=1S/C13H17NO5S/c1-18-9-6-10(20-7-9)11(15)14-8-13(12(16)17)2-4-19-5-3-13/h6-7H,2-5,8H2,1H3,(H,14,15)(H,16,17). The molecule has 1 fully saturated rings. The molecule has 6 nitrogen and oxygen atoms in total. The highest BCUT2D eigenvalue weighted by Gasteiger charge is 2.40. The predicted octanol–water partition coefficient (Wildman–Crippen LogP) is 1.37. The molecule has 1 aromatic heterocycles. The molecule has 1 aromatic rings. The van der Waals surface area contributed by atoms with E-state index < -0.39 is 11.4 Å². The Morgan fingerprint density at radius 1 is 1.50 bits per heavy atom. The third-order valence-corrected chi connectivity index (χ3v) is 4.43. The van der Waals surface area contributed by atoms with Crippen LogP contribution in [-0.2, 0) is 9.53 Å². The van der Waals surface area contributed by atoms with Gasteiger partial charge in [-0.15, -0.1) is 11.3 Å². The molecule has 2 rings (SSSR count). The number of ether oxygens (including phenoxy) is 2. The van der Waals surface area contributed by atoms with Gasteiger partial charge in [0.25, 0.3) is 5.91 Å². The van der Waals surface area contributed by atoms with Crippen LogP contribution in [0.2, 0.25) is 0 Å². The first kappa shape index (κ1) is 14.8. The lowest BCUT2D eigenvalue weighted by Gasteiger charge is -2.33. The maximum absolute atomic E-state index is 12.0. The number of carbonyl (C=O) groups excluding carboxylic acids is 1. The van der Waals surface area contributed by atoms with Gasteiger partial charge in [0.15, 0.2) is 0 Å². The molecular weight excluding hydrogens is 282 g/mol. The lowest BCUT2D eigenvalue weighted by atomic mass is 9.80. The van der Waals surface area contributed by atoms with E-state index >= 15 is 0 Å². The van der Waals surface area contributed by atoms with Crippen molar-refractivity contribution in [3.05, 3.63) is 16.3 Å². The van der Waals surface area contributed by atoms with Crippen LogP contribution >= 0.6 is 11.3 Å². The van der Waals surface area contributed by atoms with Crippen LogP contribution in [-0.4, -0.2) is 43.9 Å². The van der Waals surface area contributed by atoms with E-state index in [1.165, 1.54) is 18.4 Å². The summed E-state index contributed by atoms with van der Waals surface area (Å²) in [6.07, 6.45) is 0.826. The Balaban J connectivity index is 1.98. The number of carboxylic acid groups (broad SMARTS) is 1. The van der Waals surface area contributed by atoms with Gasteiger partial charge in [-0.25, -0.2) is 0 Å². The van der Waals surface area contributed by atoms with Crippen molar-refractivity contribution in [1.29, 1.82) is 0 Å². The molecule has 1 aliphatic rings. The number of methoxy groups -OCH3 is 1. The Hall–Kier alpha value is -1.60. The van der Waals surface area contributed by atoms with Gasteiger partial charge in [0, 0.05) is 31.2 Å². The zero-order chi connectivity index (χ0) is 14.6. The minimum Gasteiger partial charge on any atom is -0.496 e. The molecule has 110 valence electrons. The quantitative estimate of drug-likeness (QED) is 0.857. The summed E-state index contributed by atoms with van der Waals surface area (Å²) in [5.74, 6) is -0.533. The first-order valence-corrected chi connectivity index (χ1v) is 7.17. The summed E-state index contributed by atoms with van der Waals surface area (Å²) in [5, 5.41) is 13.8. The summed E-state index contributed by atoms with van der Waals surface area (Å²) < 4.78 is 10.2. The van der Waals surface area contributed by atoms with Gasteiger partial charge in [-0.3, -0.25) is 9.59 Å². The Morgan fingerprint density at radius 2 is 2.20 bits per heavy atom. The van der Waals surface area contributed by atoms with E-state index in [4.69, 9.17) is 9.47 Å². The fraction of sp³-hybridized carbons (Fsp3) is 0.538. The zero-order valence-corrected chi connectivity index (χ0v) is 12.0. The van der Waals surface area contributed by atoms with Crippen LogP contribution in [0.3, 0.4) is 0 Å². The maximum atomic E-state index is 12.0. The minimum absolute atomic E-state index is 0.116. The molecule has 0 saturated carbocycles. The van der Waals surface area contributed by atoms with Crippen LogP contribution in [0.4, 0.5) is 0 Å². The third kappa shape index (κ3) is 3.10. The normalized spacial score (nSPS) is 17.4. The van der Waals surface area contributed by atoms with Crippen molar-refractivity contribution >= 4 is 23.2 Å². The van der Waals surface area contributed by atoms with Crippen LogP contribution < -0.4 is 10.1 Å². The summed E-state index contributed by atoms with van der Waals surface area (Å²) >= 11 is 1.27. The van der Waals surface area contributed by atoms with Crippen molar-refractivity contribution in [2.75, 3.05) is 26.9 Å². The van der Waals surface area contributed by atoms with E-state index in [-0.39, 0.29) is 12.5 Å². The van der Waals surface area contributed by atoms with Crippen molar-refractivity contribution in [2.45, 2.75) is 12.8 Å². The van der Waals surface area contributed by atoms with Crippen molar-refractivity contribution in [3.63, 3.8) is 0 Å². The van der Waals surface area contributed by atoms with Crippen molar-refractivity contribution < 1.29 is 24.2 Å². The largest absolute Gasteiger partial charge is 0.496 e. The number of hydrogen-bond donors (Lipinski definition) is 2. The first-order chi connectivity index (χ1) is 9.57. The van der Waals surface area contributed by atoms with Gasteiger partial charge in [-0.05, 0) is 12.8 Å². The molecule has 20 heavy (non-hydrogen) atoms. The monoisotopic (exact) mass is 299 g/mol. The van der Waals surface area contributed by atoms with Gasteiger partial charge >= 0.3 is 5.97 Å². The highest BCUT2D eigenvalue weighted by atomic mass is 32.1. The Morgan fingerprint density at radius 3 is 2.75 bits per heavy atom. The molecule has 0 bridgehead atoms. The van der Waals surface area contributed by atoms with E-state index in [0.717, 1.165) is 0 Å². The molecule has 0 aliphatic carbocycles. The number of rotatable bonds is 5. The average molecular weight is 299 g/mol. The Kier molecular flexibility index (Phi) is 4.61. The lowest BCUT2D eigenvalue weighted by molar-refractivity contribution is -0.154. The summed E-state index contributed by atoms with van der Waals surface area (Å²) in [4.78, 5) is 24.0. The molecule has 0 radical (unpaired) electrons. The molecular formula is C13H17NO5S. The predicted molar refractivity (Wildman–Crippen MR) is 73.3 cm³/mol. The van der Waals surface area contributed by atoms with E-state index in [2.05, 4.69) is 5.32 Å². The van der Waals surface area contributed by atoms with Crippen LogP contribution in [0.15, 0.2) is 11.4 Å². The van der Waals surface area contributed by atoms with Crippen LogP contribution in [0.1, 0.15) is 22.5 Å². The smallest absolute Gasteiger partial charge is 0.311 e. The molecule has 1 saturated heterocycles. The molecule has 0 aromatic carbocycles. The number of thiophene rings is 1. The average Bonchev–Trinajstić information content (AvgIpc) is 2.94. The Labute approximate surface area is 120 Å². The van der Waals surface area contributed by atoms with E-state index in [1.807, 2.05) is 0 Å². The molecule has 2 heterocycles. The van der Waals surface area contributed by atoms with Crippen molar-refractivity contribution in [3.8, 4) is 5.75 Å². The van der Waals surface area contributed by atoms with Crippen LogP contribution in [0.25, 0.3) is 0 Å². The molecule has 0 atom stereocenters.